The molecule has 1 fully saturated rings. The van der Waals surface area contributed by atoms with Crippen LogP contribution in [0.25, 0.3) is 0 Å². The number of aliphatic carboxylic acids is 1. The molecule has 0 bridgehead atoms. The summed E-state index contributed by atoms with van der Waals surface area (Å²) in [5.74, 6) is -1.83. The van der Waals surface area contributed by atoms with Crippen molar-refractivity contribution in [3.05, 3.63) is 35.9 Å². The van der Waals surface area contributed by atoms with Gasteiger partial charge in [0.05, 0.1) is 0 Å². The number of nitrogens with zero attached hydrogens (tertiary/aromatic N) is 1. The van der Waals surface area contributed by atoms with Crippen molar-refractivity contribution < 1.29 is 19.5 Å². The van der Waals surface area contributed by atoms with Crippen molar-refractivity contribution in [3.63, 3.8) is 0 Å². The number of carboxylic acid groups (broad SMARTS) is 1. The van der Waals surface area contributed by atoms with Gasteiger partial charge in [0, 0.05) is 0 Å². The van der Waals surface area contributed by atoms with Crippen LogP contribution in [0, 0.1) is 0 Å². The third-order valence-electron chi connectivity index (χ3n) is 4.23. The van der Waals surface area contributed by atoms with Crippen molar-refractivity contribution >= 4 is 33.8 Å². The van der Waals surface area contributed by atoms with Crippen LogP contribution in [-0.2, 0) is 20.8 Å². The molecule has 1 saturated heterocycles. The van der Waals surface area contributed by atoms with Gasteiger partial charge in [0.1, 0.15) is 0 Å². The van der Waals surface area contributed by atoms with E-state index in [-0.39, 0.29) is 12.3 Å². The van der Waals surface area contributed by atoms with Crippen molar-refractivity contribution in [2.24, 2.45) is 5.73 Å². The number of hydrogen-bond donors (Lipinski definition) is 3. The van der Waals surface area contributed by atoms with E-state index in [1.54, 1.807) is 0 Å². The Hall–Kier alpha value is -1.89. The number of nitrogens with one attached hydrogen (secondary N) is 1. The first kappa shape index (κ1) is 19.4. The molecule has 135 valence electrons. The van der Waals surface area contributed by atoms with Crippen LogP contribution in [0.4, 0.5) is 0 Å². The predicted molar refractivity (Wildman–Crippen MR) is 93.0 cm³/mol. The fourth-order valence-electron chi connectivity index (χ4n) is 2.91. The van der Waals surface area contributed by atoms with Gasteiger partial charge < -0.3 is 0 Å². The van der Waals surface area contributed by atoms with Gasteiger partial charge in [-0.15, -0.1) is 0 Å². The summed E-state index contributed by atoms with van der Waals surface area (Å²) >= 11 is 2.71. The maximum atomic E-state index is 12.6. The molecule has 0 aromatic heterocycles. The fraction of sp³-hybridized carbons (Fsp3) is 0.471. The first-order valence-corrected chi connectivity index (χ1v) is 9.36. The molecule has 0 aliphatic carbocycles. The van der Waals surface area contributed by atoms with Crippen molar-refractivity contribution in [1.29, 1.82) is 0 Å². The SMILES string of the molecule is N[C@@H](C[Se])C(=O)N1CCC[C@H]1C(=O)N[C@@H](Cc1ccccc1)C(=O)O. The number of rotatable bonds is 7. The maximum absolute atomic E-state index is 12.6. The second kappa shape index (κ2) is 8.99. The average Bonchev–Trinajstić information content (AvgIpc) is 3.10. The van der Waals surface area contributed by atoms with Crippen molar-refractivity contribution in [2.75, 3.05) is 6.54 Å². The van der Waals surface area contributed by atoms with Gasteiger partial charge in [-0.2, -0.15) is 0 Å². The van der Waals surface area contributed by atoms with Gasteiger partial charge in [-0.1, -0.05) is 6.07 Å². The van der Waals surface area contributed by atoms with Gasteiger partial charge >= 0.3 is 148 Å². The summed E-state index contributed by atoms with van der Waals surface area (Å²) in [5.41, 5.74) is 6.58. The summed E-state index contributed by atoms with van der Waals surface area (Å²) in [4.78, 5) is 37.8. The molecule has 1 aromatic carbocycles. The van der Waals surface area contributed by atoms with Crippen molar-refractivity contribution in [1.82, 2.24) is 10.2 Å². The molecule has 1 aliphatic heterocycles. The molecule has 2 amide bonds. The Bertz CT molecular complexity index is 626. The number of carbonyl (C=O) groups excluding carboxylic acids is 2. The molecule has 0 spiro atoms. The summed E-state index contributed by atoms with van der Waals surface area (Å²) in [5, 5.41) is 12.3. The number of benzene rings is 1. The number of carboxylic acids is 1. The monoisotopic (exact) mass is 412 g/mol. The third-order valence-corrected chi connectivity index (χ3v) is 4.99. The number of likely N-dealkylation sites (tertiary alicyclic amines) is 1. The zero-order chi connectivity index (χ0) is 18.4. The van der Waals surface area contributed by atoms with E-state index >= 15 is 0 Å². The molecule has 4 N–H and O–H groups in total. The molecule has 1 aliphatic rings. The average molecular weight is 411 g/mol. The number of hydrogen-bond acceptors (Lipinski definition) is 4. The van der Waals surface area contributed by atoms with Gasteiger partial charge in [0.25, 0.3) is 0 Å². The Morgan fingerprint density at radius 2 is 2.00 bits per heavy atom. The molecule has 0 saturated carbocycles. The first-order chi connectivity index (χ1) is 11.9. The van der Waals surface area contributed by atoms with Crippen LogP contribution in [-0.4, -0.2) is 68.5 Å². The molecular formula is C17H22N3O4Se. The van der Waals surface area contributed by atoms with Crippen LogP contribution in [0.5, 0.6) is 0 Å². The van der Waals surface area contributed by atoms with E-state index in [1.807, 2.05) is 30.3 Å². The molecule has 1 aromatic rings. The van der Waals surface area contributed by atoms with E-state index in [4.69, 9.17) is 5.73 Å². The topological polar surface area (TPSA) is 113 Å². The second-order valence-corrected chi connectivity index (χ2v) is 6.75. The predicted octanol–water partition coefficient (Wildman–Crippen LogP) is -0.296. The summed E-state index contributed by atoms with van der Waals surface area (Å²) in [6.07, 6.45) is 1.39. The Labute approximate surface area is 154 Å². The van der Waals surface area contributed by atoms with E-state index in [1.165, 1.54) is 4.90 Å². The zero-order valence-corrected chi connectivity index (χ0v) is 15.5. The van der Waals surface area contributed by atoms with Crippen molar-refractivity contribution in [2.45, 2.75) is 42.7 Å². The van der Waals surface area contributed by atoms with Gasteiger partial charge in [0.15, 0.2) is 0 Å². The van der Waals surface area contributed by atoms with Gasteiger partial charge in [-0.25, -0.2) is 0 Å². The van der Waals surface area contributed by atoms with Crippen LogP contribution in [0.3, 0.4) is 0 Å². The Balaban J connectivity index is 2.04. The molecule has 0 unspecified atom stereocenters. The Morgan fingerprint density at radius 1 is 1.32 bits per heavy atom. The first-order valence-electron chi connectivity index (χ1n) is 8.15. The minimum absolute atomic E-state index is 0.187. The Kier molecular flexibility index (Phi) is 6.99. The molecule has 2 rings (SSSR count). The van der Waals surface area contributed by atoms with E-state index in [9.17, 15) is 19.5 Å². The van der Waals surface area contributed by atoms with Crippen LogP contribution in [0.15, 0.2) is 30.3 Å². The number of amides is 2. The number of carbonyl (C=O) groups is 3. The van der Waals surface area contributed by atoms with Crippen LogP contribution < -0.4 is 11.1 Å². The standard InChI is InChI=1S/C17H22N3O4Se/c18-12(10-25)16(22)20-8-4-7-14(20)15(21)19-13(17(23)24)9-11-5-2-1-3-6-11/h1-3,5-6,12-14H,4,7-10,18H2,(H,19,21)(H,23,24)/t12-,13-,14-/m0/s1. The van der Waals surface area contributed by atoms with Crippen molar-refractivity contribution in [3.8, 4) is 0 Å². The van der Waals surface area contributed by atoms with E-state index in [0.29, 0.717) is 24.7 Å². The zero-order valence-electron chi connectivity index (χ0n) is 13.8. The summed E-state index contributed by atoms with van der Waals surface area (Å²) < 4.78 is 0. The fourth-order valence-corrected chi connectivity index (χ4v) is 3.20. The van der Waals surface area contributed by atoms with Gasteiger partial charge in [-0.05, 0) is 0 Å². The molecule has 7 nitrogen and oxygen atoms in total. The quantitative estimate of drug-likeness (QED) is 0.534. The van der Waals surface area contributed by atoms with E-state index in [2.05, 4.69) is 21.3 Å². The van der Waals surface area contributed by atoms with Crippen LogP contribution in [0.2, 0.25) is 5.32 Å². The summed E-state index contributed by atoms with van der Waals surface area (Å²) in [6, 6.07) is 6.70. The summed E-state index contributed by atoms with van der Waals surface area (Å²) in [7, 11) is 0. The Morgan fingerprint density at radius 3 is 2.60 bits per heavy atom. The van der Waals surface area contributed by atoms with Crippen LogP contribution in [0.1, 0.15) is 18.4 Å². The second-order valence-electron chi connectivity index (χ2n) is 6.05. The molecule has 25 heavy (non-hydrogen) atoms. The molecule has 3 atom stereocenters. The van der Waals surface area contributed by atoms with Gasteiger partial charge in [0.2, 0.25) is 0 Å². The van der Waals surface area contributed by atoms with Crippen LogP contribution >= 0.6 is 0 Å². The molecule has 8 heteroatoms. The van der Waals surface area contributed by atoms with E-state index < -0.39 is 30.0 Å². The normalized spacial score (nSPS) is 19.3. The van der Waals surface area contributed by atoms with Gasteiger partial charge in [-0.3, -0.25) is 0 Å². The molecule has 1 heterocycles. The summed E-state index contributed by atoms with van der Waals surface area (Å²) in [6.45, 7) is 0.459. The molecule has 1 radical (unpaired) electrons. The number of nitrogens with two attached hydrogens (primary N) is 1. The van der Waals surface area contributed by atoms with E-state index in [0.717, 1.165) is 5.56 Å². The molecular weight excluding hydrogens is 389 g/mol. The third kappa shape index (κ3) is 5.04. The minimum atomic E-state index is -1.10.